The van der Waals surface area contributed by atoms with Gasteiger partial charge in [0.15, 0.2) is 6.29 Å². The molecule has 8 heteroatoms. The molecule has 3 rings (SSSR count). The molecular weight excluding hydrogens is 362 g/mol. The summed E-state index contributed by atoms with van der Waals surface area (Å²) in [4.78, 5) is 33.3. The number of aryl methyl sites for hydroxylation is 1. The van der Waals surface area contributed by atoms with Crippen LogP contribution in [0.15, 0.2) is 42.5 Å². The average Bonchev–Trinajstić information content (AvgIpc) is 2.70. The summed E-state index contributed by atoms with van der Waals surface area (Å²) in [6.07, 6.45) is 2.87. The number of anilines is 1. The third-order valence-corrected chi connectivity index (χ3v) is 4.52. The lowest BCUT2D eigenvalue weighted by atomic mass is 10.0. The van der Waals surface area contributed by atoms with E-state index in [4.69, 9.17) is 4.74 Å². The zero-order valence-corrected chi connectivity index (χ0v) is 15.2. The van der Waals surface area contributed by atoms with E-state index in [1.807, 2.05) is 18.2 Å². The van der Waals surface area contributed by atoms with Gasteiger partial charge in [-0.05, 0) is 43.0 Å². The third kappa shape index (κ3) is 4.85. The fourth-order valence-corrected chi connectivity index (χ4v) is 3.12. The second-order valence-corrected chi connectivity index (χ2v) is 6.51. The molecule has 28 heavy (non-hydrogen) atoms. The lowest BCUT2D eigenvalue weighted by molar-refractivity contribution is -0.385. The van der Waals surface area contributed by atoms with Gasteiger partial charge >= 0.3 is 0 Å². The quantitative estimate of drug-likeness (QED) is 0.314. The molecule has 2 aromatic rings. The van der Waals surface area contributed by atoms with E-state index >= 15 is 0 Å². The summed E-state index contributed by atoms with van der Waals surface area (Å²) < 4.78 is 5.49. The van der Waals surface area contributed by atoms with Crippen LogP contribution < -0.4 is 15.4 Å². The molecule has 0 aromatic heterocycles. The molecule has 1 amide bonds. The highest BCUT2D eigenvalue weighted by atomic mass is 16.6. The Kier molecular flexibility index (Phi) is 6.21. The van der Waals surface area contributed by atoms with Crippen LogP contribution >= 0.6 is 0 Å². The van der Waals surface area contributed by atoms with Gasteiger partial charge < -0.3 is 15.4 Å². The number of nitro benzene ring substituents is 1. The molecule has 1 unspecified atom stereocenters. The number of carbonyl (C=O) groups excluding carboxylic acids is 2. The first-order valence-corrected chi connectivity index (χ1v) is 9.07. The minimum Gasteiger partial charge on any atom is -0.494 e. The number of hydrogen-bond acceptors (Lipinski definition) is 6. The number of nitro groups is 1. The molecular formula is C20H21N3O5. The molecule has 0 bridgehead atoms. The van der Waals surface area contributed by atoms with Crippen molar-refractivity contribution in [3.05, 3.63) is 63.7 Å². The second-order valence-electron chi connectivity index (χ2n) is 6.51. The van der Waals surface area contributed by atoms with Crippen molar-refractivity contribution in [2.24, 2.45) is 0 Å². The van der Waals surface area contributed by atoms with E-state index in [0.717, 1.165) is 18.5 Å². The molecule has 146 valence electrons. The number of fused-ring (bicyclic) bond motifs is 1. The number of aldehydes is 1. The second kappa shape index (κ2) is 8.98. The third-order valence-electron chi connectivity index (χ3n) is 4.52. The van der Waals surface area contributed by atoms with Crippen LogP contribution in [0.4, 0.5) is 11.4 Å². The highest BCUT2D eigenvalue weighted by Gasteiger charge is 2.18. The minimum absolute atomic E-state index is 0.0381. The first-order chi connectivity index (χ1) is 13.6. The molecule has 8 nitrogen and oxygen atoms in total. The number of amides is 1. The highest BCUT2D eigenvalue weighted by Crippen LogP contribution is 2.24. The van der Waals surface area contributed by atoms with Gasteiger partial charge in [-0.25, -0.2) is 0 Å². The Labute approximate surface area is 162 Å². The Morgan fingerprint density at radius 1 is 1.32 bits per heavy atom. The Morgan fingerprint density at radius 2 is 2.14 bits per heavy atom. The van der Waals surface area contributed by atoms with Crippen LogP contribution in [-0.2, 0) is 11.2 Å². The molecule has 0 saturated carbocycles. The van der Waals surface area contributed by atoms with E-state index in [1.165, 1.54) is 23.8 Å². The Balaban J connectivity index is 1.41. The van der Waals surface area contributed by atoms with Gasteiger partial charge in [-0.3, -0.25) is 19.7 Å². The summed E-state index contributed by atoms with van der Waals surface area (Å²) in [7, 11) is 0. The number of para-hydroxylation sites is 1. The van der Waals surface area contributed by atoms with Crippen molar-refractivity contribution in [1.29, 1.82) is 0 Å². The van der Waals surface area contributed by atoms with Gasteiger partial charge in [-0.1, -0.05) is 18.2 Å². The molecule has 0 fully saturated rings. The first kappa shape index (κ1) is 19.3. The van der Waals surface area contributed by atoms with Crippen LogP contribution in [0.1, 0.15) is 35.2 Å². The molecule has 0 radical (unpaired) electrons. The zero-order chi connectivity index (χ0) is 19.9. The zero-order valence-electron chi connectivity index (χ0n) is 15.2. The summed E-state index contributed by atoms with van der Waals surface area (Å²) in [5.74, 6) is 0.288. The van der Waals surface area contributed by atoms with Gasteiger partial charge in [-0.2, -0.15) is 0 Å². The standard InChI is InChI=1S/C20H21N3O5/c24-13-15-12-16(8-9-18(15)23(26)27)28-11-3-6-20(25)22-19-10-7-14-4-1-2-5-17(14)21-19/h1-2,4-5,8-9,12-13,19,21H,3,6-7,10-11H2,(H,22,25). The summed E-state index contributed by atoms with van der Waals surface area (Å²) in [6.45, 7) is 0.268. The van der Waals surface area contributed by atoms with E-state index < -0.39 is 4.92 Å². The Bertz CT molecular complexity index is 884. The number of hydrogen-bond donors (Lipinski definition) is 2. The van der Waals surface area contributed by atoms with E-state index in [9.17, 15) is 19.7 Å². The topological polar surface area (TPSA) is 111 Å². The Hall–Kier alpha value is -3.42. The van der Waals surface area contributed by atoms with Crippen molar-refractivity contribution in [2.75, 3.05) is 11.9 Å². The smallest absolute Gasteiger partial charge is 0.280 e. The predicted octanol–water partition coefficient (Wildman–Crippen LogP) is 3.07. The molecule has 2 N–H and O–H groups in total. The molecule has 1 aliphatic heterocycles. The predicted molar refractivity (Wildman–Crippen MR) is 104 cm³/mol. The summed E-state index contributed by atoms with van der Waals surface area (Å²) >= 11 is 0. The Morgan fingerprint density at radius 3 is 2.93 bits per heavy atom. The van der Waals surface area contributed by atoms with Gasteiger partial charge in [0.25, 0.3) is 5.69 Å². The van der Waals surface area contributed by atoms with Crippen LogP contribution in [0.2, 0.25) is 0 Å². The molecule has 2 aromatic carbocycles. The fraction of sp³-hybridized carbons (Fsp3) is 0.300. The van der Waals surface area contributed by atoms with Gasteiger partial charge in [0, 0.05) is 18.2 Å². The summed E-state index contributed by atoms with van der Waals surface area (Å²) in [5.41, 5.74) is 2.00. The molecule has 1 aliphatic rings. The van der Waals surface area contributed by atoms with Crippen molar-refractivity contribution >= 4 is 23.6 Å². The first-order valence-electron chi connectivity index (χ1n) is 9.07. The highest BCUT2D eigenvalue weighted by molar-refractivity contribution is 5.82. The van der Waals surface area contributed by atoms with E-state index in [1.54, 1.807) is 0 Å². The van der Waals surface area contributed by atoms with Crippen LogP contribution in [0, 0.1) is 10.1 Å². The van der Waals surface area contributed by atoms with Crippen molar-refractivity contribution in [2.45, 2.75) is 31.8 Å². The largest absolute Gasteiger partial charge is 0.494 e. The van der Waals surface area contributed by atoms with Crippen molar-refractivity contribution < 1.29 is 19.2 Å². The molecule has 1 atom stereocenters. The van der Waals surface area contributed by atoms with Crippen LogP contribution in [0.5, 0.6) is 5.75 Å². The summed E-state index contributed by atoms with van der Waals surface area (Å²) in [6, 6.07) is 12.0. The number of nitrogens with one attached hydrogen (secondary N) is 2. The maximum Gasteiger partial charge on any atom is 0.280 e. The van der Waals surface area contributed by atoms with E-state index in [2.05, 4.69) is 16.7 Å². The van der Waals surface area contributed by atoms with Crippen LogP contribution in [-0.4, -0.2) is 29.9 Å². The number of ether oxygens (including phenoxy) is 1. The summed E-state index contributed by atoms with van der Waals surface area (Å²) in [5, 5.41) is 17.1. The van der Waals surface area contributed by atoms with Gasteiger partial charge in [0.2, 0.25) is 5.91 Å². The van der Waals surface area contributed by atoms with Crippen LogP contribution in [0.3, 0.4) is 0 Å². The van der Waals surface area contributed by atoms with Crippen molar-refractivity contribution in [3.63, 3.8) is 0 Å². The maximum absolute atomic E-state index is 12.1. The average molecular weight is 383 g/mol. The van der Waals surface area contributed by atoms with Crippen LogP contribution in [0.25, 0.3) is 0 Å². The fourth-order valence-electron chi connectivity index (χ4n) is 3.12. The SMILES string of the molecule is O=Cc1cc(OCCCC(=O)NC2CCc3ccccc3N2)ccc1[N+](=O)[O-]. The minimum atomic E-state index is -0.616. The normalized spacial score (nSPS) is 15.1. The van der Waals surface area contributed by atoms with Gasteiger partial charge in [0.1, 0.15) is 5.75 Å². The number of carbonyl (C=O) groups is 2. The maximum atomic E-state index is 12.1. The lowest BCUT2D eigenvalue weighted by Gasteiger charge is -2.27. The molecule has 0 spiro atoms. The van der Waals surface area contributed by atoms with Crippen molar-refractivity contribution in [1.82, 2.24) is 5.32 Å². The van der Waals surface area contributed by atoms with Crippen molar-refractivity contribution in [3.8, 4) is 5.75 Å². The van der Waals surface area contributed by atoms with E-state index in [0.29, 0.717) is 24.9 Å². The van der Waals surface area contributed by atoms with Gasteiger partial charge in [-0.15, -0.1) is 0 Å². The number of nitrogens with zero attached hydrogens (tertiary/aromatic N) is 1. The monoisotopic (exact) mass is 383 g/mol. The lowest BCUT2D eigenvalue weighted by Crippen LogP contribution is -2.42. The van der Waals surface area contributed by atoms with Gasteiger partial charge in [0.05, 0.1) is 23.3 Å². The molecule has 1 heterocycles. The number of benzene rings is 2. The molecule has 0 saturated heterocycles. The molecule has 0 aliphatic carbocycles. The van der Waals surface area contributed by atoms with E-state index in [-0.39, 0.29) is 29.9 Å². The number of rotatable bonds is 8.